The van der Waals surface area contributed by atoms with Gasteiger partial charge < -0.3 is 0 Å². The van der Waals surface area contributed by atoms with Gasteiger partial charge in [-0.3, -0.25) is 0 Å². The van der Waals surface area contributed by atoms with Crippen LogP contribution in [0, 0.1) is 13.8 Å². The van der Waals surface area contributed by atoms with Gasteiger partial charge in [0.2, 0.25) is 0 Å². The average molecular weight is 341 g/mol. The Morgan fingerprint density at radius 2 is 1.76 bits per heavy atom. The standard InChI is InChI=1S/C15H12Cl3N3/c1-8-6-14-19-13(9(2)21(14)20-15(8)18)7-10-11(16)4-3-5-12(10)17/h3-6H,7H2,1-2H3. The summed E-state index contributed by atoms with van der Waals surface area (Å²) in [6.07, 6.45) is 0.560. The summed E-state index contributed by atoms with van der Waals surface area (Å²) in [6.45, 7) is 3.86. The third-order valence-electron chi connectivity index (χ3n) is 3.47. The molecule has 0 unspecified atom stereocenters. The van der Waals surface area contributed by atoms with Crippen LogP contribution in [0.15, 0.2) is 24.3 Å². The normalized spacial score (nSPS) is 11.3. The molecule has 0 radical (unpaired) electrons. The van der Waals surface area contributed by atoms with Crippen molar-refractivity contribution in [3.63, 3.8) is 0 Å². The van der Waals surface area contributed by atoms with Gasteiger partial charge in [0.15, 0.2) is 10.8 Å². The first-order chi connectivity index (χ1) is 9.97. The molecule has 0 aliphatic rings. The minimum absolute atomic E-state index is 0.477. The summed E-state index contributed by atoms with van der Waals surface area (Å²) in [6, 6.07) is 7.40. The van der Waals surface area contributed by atoms with Crippen molar-refractivity contribution < 1.29 is 0 Å². The summed E-state index contributed by atoms with van der Waals surface area (Å²) >= 11 is 18.5. The molecular weight excluding hydrogens is 329 g/mol. The fraction of sp³-hybridized carbons (Fsp3) is 0.200. The molecule has 3 nitrogen and oxygen atoms in total. The van der Waals surface area contributed by atoms with E-state index in [9.17, 15) is 0 Å². The SMILES string of the molecule is Cc1cc2nc(Cc3c(Cl)cccc3Cl)c(C)n2nc1Cl. The van der Waals surface area contributed by atoms with E-state index < -0.39 is 0 Å². The second kappa shape index (κ2) is 5.48. The smallest absolute Gasteiger partial charge is 0.154 e. The van der Waals surface area contributed by atoms with Gasteiger partial charge in [-0.05, 0) is 43.2 Å². The minimum Gasteiger partial charge on any atom is -0.231 e. The lowest BCUT2D eigenvalue weighted by Gasteiger charge is -2.05. The van der Waals surface area contributed by atoms with E-state index in [1.165, 1.54) is 0 Å². The number of hydrogen-bond donors (Lipinski definition) is 0. The van der Waals surface area contributed by atoms with Crippen LogP contribution in [-0.2, 0) is 6.42 Å². The van der Waals surface area contributed by atoms with Gasteiger partial charge in [0.1, 0.15) is 0 Å². The molecule has 3 rings (SSSR count). The predicted molar refractivity (Wildman–Crippen MR) is 86.7 cm³/mol. The molecule has 108 valence electrons. The maximum absolute atomic E-state index is 6.23. The van der Waals surface area contributed by atoms with Crippen molar-refractivity contribution in [1.82, 2.24) is 14.6 Å². The van der Waals surface area contributed by atoms with E-state index in [-0.39, 0.29) is 0 Å². The summed E-state index contributed by atoms with van der Waals surface area (Å²) in [5, 5.41) is 6.09. The first-order valence-corrected chi connectivity index (χ1v) is 7.55. The highest BCUT2D eigenvalue weighted by atomic mass is 35.5. The summed E-state index contributed by atoms with van der Waals surface area (Å²) in [5.41, 5.74) is 4.36. The maximum Gasteiger partial charge on any atom is 0.154 e. The van der Waals surface area contributed by atoms with Crippen LogP contribution in [0.4, 0.5) is 0 Å². The second-order valence-corrected chi connectivity index (χ2v) is 6.08. The zero-order valence-electron chi connectivity index (χ0n) is 11.5. The van der Waals surface area contributed by atoms with Crippen LogP contribution in [0.25, 0.3) is 5.65 Å². The Labute approximate surface area is 137 Å². The topological polar surface area (TPSA) is 30.2 Å². The minimum atomic E-state index is 0.477. The lowest BCUT2D eigenvalue weighted by Crippen LogP contribution is -1.97. The Morgan fingerprint density at radius 3 is 2.43 bits per heavy atom. The molecule has 6 heteroatoms. The van der Waals surface area contributed by atoms with Crippen molar-refractivity contribution in [3.05, 3.63) is 62.0 Å². The van der Waals surface area contributed by atoms with Gasteiger partial charge in [-0.15, -0.1) is 0 Å². The quantitative estimate of drug-likeness (QED) is 0.664. The Balaban J connectivity index is 2.11. The zero-order valence-corrected chi connectivity index (χ0v) is 13.8. The molecule has 0 amide bonds. The highest BCUT2D eigenvalue weighted by Gasteiger charge is 2.14. The number of halogens is 3. The summed E-state index contributed by atoms with van der Waals surface area (Å²) in [7, 11) is 0. The first kappa shape index (κ1) is 14.6. The second-order valence-electron chi connectivity index (χ2n) is 4.91. The van der Waals surface area contributed by atoms with Gasteiger partial charge in [-0.1, -0.05) is 40.9 Å². The molecule has 3 aromatic rings. The molecule has 1 aromatic carbocycles. The molecule has 2 heterocycles. The van der Waals surface area contributed by atoms with E-state index in [1.807, 2.05) is 38.1 Å². The number of fused-ring (bicyclic) bond motifs is 1. The van der Waals surface area contributed by atoms with Crippen LogP contribution in [0.2, 0.25) is 15.2 Å². The lowest BCUT2D eigenvalue weighted by molar-refractivity contribution is 0.885. The van der Waals surface area contributed by atoms with Crippen molar-refractivity contribution >= 4 is 40.4 Å². The fourth-order valence-corrected chi connectivity index (χ4v) is 2.90. The van der Waals surface area contributed by atoms with Crippen molar-refractivity contribution in [3.8, 4) is 0 Å². The highest BCUT2D eigenvalue weighted by molar-refractivity contribution is 6.36. The van der Waals surface area contributed by atoms with Crippen LogP contribution in [0.1, 0.15) is 22.5 Å². The van der Waals surface area contributed by atoms with Gasteiger partial charge in [0, 0.05) is 16.5 Å². The Kier molecular flexibility index (Phi) is 3.82. The van der Waals surface area contributed by atoms with E-state index in [1.54, 1.807) is 4.52 Å². The number of hydrogen-bond acceptors (Lipinski definition) is 2. The molecule has 0 fully saturated rings. The maximum atomic E-state index is 6.23. The molecule has 0 spiro atoms. The summed E-state index contributed by atoms with van der Waals surface area (Å²) < 4.78 is 1.75. The van der Waals surface area contributed by atoms with Gasteiger partial charge in [0.25, 0.3) is 0 Å². The lowest BCUT2D eigenvalue weighted by atomic mass is 10.1. The largest absolute Gasteiger partial charge is 0.231 e. The molecule has 0 atom stereocenters. The number of aryl methyl sites for hydroxylation is 2. The fourth-order valence-electron chi connectivity index (χ4n) is 2.24. The molecule has 0 aliphatic heterocycles. The molecule has 0 aliphatic carbocycles. The number of benzene rings is 1. The van der Waals surface area contributed by atoms with Gasteiger partial charge in [-0.2, -0.15) is 5.10 Å². The summed E-state index contributed by atoms with van der Waals surface area (Å²) in [4.78, 5) is 4.62. The van der Waals surface area contributed by atoms with Gasteiger partial charge >= 0.3 is 0 Å². The van der Waals surface area contributed by atoms with Crippen molar-refractivity contribution in [2.75, 3.05) is 0 Å². The number of rotatable bonds is 2. The molecular formula is C15H12Cl3N3. The Morgan fingerprint density at radius 1 is 1.10 bits per heavy atom. The summed E-state index contributed by atoms with van der Waals surface area (Å²) in [5.74, 6) is 0. The predicted octanol–water partition coefficient (Wildman–Crippen LogP) is 4.90. The Hall–Kier alpha value is -1.29. The van der Waals surface area contributed by atoms with Gasteiger partial charge in [-0.25, -0.2) is 9.50 Å². The molecule has 0 N–H and O–H groups in total. The number of nitrogens with zero attached hydrogens (tertiary/aromatic N) is 3. The average Bonchev–Trinajstić information content (AvgIpc) is 2.72. The number of imidazole rings is 1. The van der Waals surface area contributed by atoms with E-state index in [0.717, 1.165) is 28.2 Å². The van der Waals surface area contributed by atoms with Crippen LogP contribution in [0.3, 0.4) is 0 Å². The van der Waals surface area contributed by atoms with Crippen molar-refractivity contribution in [1.29, 1.82) is 0 Å². The number of aromatic nitrogens is 3. The van der Waals surface area contributed by atoms with E-state index in [2.05, 4.69) is 10.1 Å². The third kappa shape index (κ3) is 2.61. The van der Waals surface area contributed by atoms with Gasteiger partial charge in [0.05, 0.1) is 11.4 Å². The van der Waals surface area contributed by atoms with Crippen LogP contribution in [-0.4, -0.2) is 14.6 Å². The molecule has 2 aromatic heterocycles. The molecule has 0 bridgehead atoms. The van der Waals surface area contributed by atoms with Crippen LogP contribution >= 0.6 is 34.8 Å². The highest BCUT2D eigenvalue weighted by Crippen LogP contribution is 2.28. The van der Waals surface area contributed by atoms with Crippen molar-refractivity contribution in [2.45, 2.75) is 20.3 Å². The zero-order chi connectivity index (χ0) is 15.1. The Bertz CT molecular complexity index is 820. The first-order valence-electron chi connectivity index (χ1n) is 6.41. The molecule has 0 saturated carbocycles. The van der Waals surface area contributed by atoms with Crippen LogP contribution in [0.5, 0.6) is 0 Å². The van der Waals surface area contributed by atoms with E-state index >= 15 is 0 Å². The van der Waals surface area contributed by atoms with E-state index in [0.29, 0.717) is 21.6 Å². The van der Waals surface area contributed by atoms with E-state index in [4.69, 9.17) is 34.8 Å². The third-order valence-corrected chi connectivity index (χ3v) is 4.55. The molecule has 21 heavy (non-hydrogen) atoms. The van der Waals surface area contributed by atoms with Crippen LogP contribution < -0.4 is 0 Å². The molecule has 0 saturated heterocycles. The van der Waals surface area contributed by atoms with Crippen molar-refractivity contribution in [2.24, 2.45) is 0 Å². The monoisotopic (exact) mass is 339 g/mol.